The zero-order valence-electron chi connectivity index (χ0n) is 11.8. The van der Waals surface area contributed by atoms with Crippen molar-refractivity contribution < 1.29 is 9.18 Å². The van der Waals surface area contributed by atoms with Crippen molar-refractivity contribution in [3.63, 3.8) is 0 Å². The molecule has 2 atom stereocenters. The summed E-state index contributed by atoms with van der Waals surface area (Å²) >= 11 is 1.93. The number of hydrogen-bond donors (Lipinski definition) is 2. The minimum absolute atomic E-state index is 0.0518. The third-order valence-electron chi connectivity index (χ3n) is 3.49. The summed E-state index contributed by atoms with van der Waals surface area (Å²) in [6.45, 7) is 2.14. The molecule has 0 radical (unpaired) electrons. The monoisotopic (exact) mass is 297 g/mol. The molecule has 0 spiro atoms. The Hall–Kier alpha value is -1.30. The number of amides is 1. The molecule has 1 aliphatic rings. The molecule has 2 rings (SSSR count). The van der Waals surface area contributed by atoms with Gasteiger partial charge in [0.2, 0.25) is 0 Å². The second kappa shape index (κ2) is 6.92. The lowest BCUT2D eigenvalue weighted by Gasteiger charge is -2.14. The fourth-order valence-electron chi connectivity index (χ4n) is 2.51. The molecule has 1 aliphatic carbocycles. The molecule has 20 heavy (non-hydrogen) atoms. The molecule has 0 aromatic carbocycles. The van der Waals surface area contributed by atoms with Crippen LogP contribution in [0.5, 0.6) is 0 Å². The summed E-state index contributed by atoms with van der Waals surface area (Å²) in [7, 11) is 1.58. The summed E-state index contributed by atoms with van der Waals surface area (Å²) in [5.74, 6) is 0.248. The normalized spacial score (nSPS) is 21.8. The smallest absolute Gasteiger partial charge is 0.254 e. The molecule has 4 nitrogen and oxygen atoms in total. The number of hydrogen-bond acceptors (Lipinski definition) is 4. The predicted octanol–water partition coefficient (Wildman–Crippen LogP) is 2.67. The Labute approximate surface area is 122 Å². The number of nitrogens with zero attached hydrogens (tertiary/aromatic N) is 1. The van der Waals surface area contributed by atoms with Gasteiger partial charge < -0.3 is 10.6 Å². The lowest BCUT2D eigenvalue weighted by atomic mass is 10.2. The molecular weight excluding hydrogens is 277 g/mol. The Morgan fingerprint density at radius 2 is 2.35 bits per heavy atom. The van der Waals surface area contributed by atoms with Crippen molar-refractivity contribution in [2.24, 2.45) is 0 Å². The van der Waals surface area contributed by atoms with Gasteiger partial charge in [-0.15, -0.1) is 0 Å². The van der Waals surface area contributed by atoms with Crippen LogP contribution in [0.4, 0.5) is 10.2 Å². The SMILES string of the molecule is CCSC1CCC(NC(=O)c2ccnc(NC)c2F)C1. The average molecular weight is 297 g/mol. The summed E-state index contributed by atoms with van der Waals surface area (Å²) in [5, 5.41) is 6.18. The molecule has 1 heterocycles. The Kier molecular flexibility index (Phi) is 5.23. The maximum atomic E-state index is 14.0. The Morgan fingerprint density at radius 3 is 3.05 bits per heavy atom. The number of carbonyl (C=O) groups is 1. The van der Waals surface area contributed by atoms with Crippen molar-refractivity contribution in [3.05, 3.63) is 23.6 Å². The fraction of sp³-hybridized carbons (Fsp3) is 0.571. The van der Waals surface area contributed by atoms with Crippen molar-refractivity contribution in [2.75, 3.05) is 18.1 Å². The van der Waals surface area contributed by atoms with Gasteiger partial charge in [-0.25, -0.2) is 9.37 Å². The van der Waals surface area contributed by atoms with Gasteiger partial charge in [-0.1, -0.05) is 6.92 Å². The molecule has 1 amide bonds. The minimum atomic E-state index is -0.593. The number of halogens is 1. The van der Waals surface area contributed by atoms with Gasteiger partial charge >= 0.3 is 0 Å². The number of nitrogens with one attached hydrogen (secondary N) is 2. The lowest BCUT2D eigenvalue weighted by molar-refractivity contribution is 0.0934. The van der Waals surface area contributed by atoms with E-state index in [-0.39, 0.29) is 23.3 Å². The first-order valence-corrected chi connectivity index (χ1v) is 7.95. The van der Waals surface area contributed by atoms with E-state index in [9.17, 15) is 9.18 Å². The van der Waals surface area contributed by atoms with Crippen molar-refractivity contribution in [1.82, 2.24) is 10.3 Å². The molecule has 0 aliphatic heterocycles. The highest BCUT2D eigenvalue weighted by Crippen LogP contribution is 2.30. The zero-order valence-corrected chi connectivity index (χ0v) is 12.6. The summed E-state index contributed by atoms with van der Waals surface area (Å²) in [6.07, 6.45) is 4.49. The van der Waals surface area contributed by atoms with E-state index in [0.717, 1.165) is 25.0 Å². The lowest BCUT2D eigenvalue weighted by Crippen LogP contribution is -2.33. The van der Waals surface area contributed by atoms with Crippen LogP contribution in [0.25, 0.3) is 0 Å². The third-order valence-corrected chi connectivity index (χ3v) is 4.73. The molecule has 1 saturated carbocycles. The number of thioether (sulfide) groups is 1. The van der Waals surface area contributed by atoms with E-state index >= 15 is 0 Å². The van der Waals surface area contributed by atoms with Crippen LogP contribution in [0.15, 0.2) is 12.3 Å². The van der Waals surface area contributed by atoms with Crippen molar-refractivity contribution in [3.8, 4) is 0 Å². The summed E-state index contributed by atoms with van der Waals surface area (Å²) in [6, 6.07) is 1.57. The standard InChI is InChI=1S/C14H20FN3OS/c1-3-20-10-5-4-9(8-10)18-14(19)11-6-7-17-13(16-2)12(11)15/h6-7,9-10H,3-5,8H2,1-2H3,(H,16,17)(H,18,19). The minimum Gasteiger partial charge on any atom is -0.371 e. The van der Waals surface area contributed by atoms with E-state index in [1.807, 2.05) is 11.8 Å². The highest BCUT2D eigenvalue weighted by Gasteiger charge is 2.27. The van der Waals surface area contributed by atoms with Crippen molar-refractivity contribution in [2.45, 2.75) is 37.5 Å². The Bertz CT molecular complexity index is 483. The van der Waals surface area contributed by atoms with Crippen molar-refractivity contribution >= 4 is 23.5 Å². The van der Waals surface area contributed by atoms with Gasteiger partial charge in [-0.3, -0.25) is 4.79 Å². The van der Waals surface area contributed by atoms with E-state index in [0.29, 0.717) is 5.25 Å². The second-order valence-electron chi connectivity index (χ2n) is 4.83. The summed E-state index contributed by atoms with van der Waals surface area (Å²) in [5.41, 5.74) is 0.0518. The molecule has 1 fully saturated rings. The van der Waals surface area contributed by atoms with Crippen LogP contribution >= 0.6 is 11.8 Å². The largest absolute Gasteiger partial charge is 0.371 e. The molecule has 2 unspecified atom stereocenters. The summed E-state index contributed by atoms with van der Waals surface area (Å²) < 4.78 is 14.0. The molecule has 6 heteroatoms. The topological polar surface area (TPSA) is 54.0 Å². The molecule has 2 N–H and O–H groups in total. The van der Waals surface area contributed by atoms with Crippen LogP contribution in [0.1, 0.15) is 36.5 Å². The van der Waals surface area contributed by atoms with E-state index in [2.05, 4.69) is 22.5 Å². The first-order chi connectivity index (χ1) is 9.65. The molecule has 1 aromatic rings. The average Bonchev–Trinajstić information content (AvgIpc) is 2.86. The van der Waals surface area contributed by atoms with Crippen LogP contribution in [-0.2, 0) is 0 Å². The van der Waals surface area contributed by atoms with Crippen LogP contribution < -0.4 is 10.6 Å². The fourth-order valence-corrected chi connectivity index (χ4v) is 3.66. The van der Waals surface area contributed by atoms with Gasteiger partial charge in [0, 0.05) is 24.5 Å². The van der Waals surface area contributed by atoms with Gasteiger partial charge in [0.15, 0.2) is 11.6 Å². The highest BCUT2D eigenvalue weighted by molar-refractivity contribution is 7.99. The maximum absolute atomic E-state index is 14.0. The van der Waals surface area contributed by atoms with E-state index < -0.39 is 5.82 Å². The quantitative estimate of drug-likeness (QED) is 0.877. The zero-order chi connectivity index (χ0) is 14.5. The number of rotatable bonds is 5. The first kappa shape index (κ1) is 15.1. The summed E-state index contributed by atoms with van der Waals surface area (Å²) in [4.78, 5) is 16.0. The van der Waals surface area contributed by atoms with Crippen LogP contribution in [0.2, 0.25) is 0 Å². The Morgan fingerprint density at radius 1 is 1.55 bits per heavy atom. The number of carbonyl (C=O) groups excluding carboxylic acids is 1. The number of aromatic nitrogens is 1. The van der Waals surface area contributed by atoms with Gasteiger partial charge in [0.05, 0.1) is 5.56 Å². The first-order valence-electron chi connectivity index (χ1n) is 6.90. The van der Waals surface area contributed by atoms with Crippen molar-refractivity contribution in [1.29, 1.82) is 0 Å². The second-order valence-corrected chi connectivity index (χ2v) is 6.41. The highest BCUT2D eigenvalue weighted by atomic mass is 32.2. The molecule has 0 saturated heterocycles. The molecule has 0 bridgehead atoms. The van der Waals surface area contributed by atoms with E-state index in [1.165, 1.54) is 12.3 Å². The number of pyridine rings is 1. The van der Waals surface area contributed by atoms with Gasteiger partial charge in [-0.2, -0.15) is 11.8 Å². The van der Waals surface area contributed by atoms with E-state index in [1.54, 1.807) is 7.05 Å². The van der Waals surface area contributed by atoms with Gasteiger partial charge in [0.1, 0.15) is 0 Å². The third kappa shape index (κ3) is 3.42. The maximum Gasteiger partial charge on any atom is 0.254 e. The van der Waals surface area contributed by atoms with E-state index in [4.69, 9.17) is 0 Å². The van der Waals surface area contributed by atoms with Gasteiger partial charge in [0.25, 0.3) is 5.91 Å². The van der Waals surface area contributed by atoms with Crippen LogP contribution in [-0.4, -0.2) is 35.0 Å². The molecular formula is C14H20FN3OS. The Balaban J connectivity index is 1.99. The van der Waals surface area contributed by atoms with Gasteiger partial charge in [-0.05, 0) is 31.1 Å². The van der Waals surface area contributed by atoms with Crippen LogP contribution in [0, 0.1) is 5.82 Å². The van der Waals surface area contributed by atoms with Crippen LogP contribution in [0.3, 0.4) is 0 Å². The molecule has 1 aromatic heterocycles. The predicted molar refractivity (Wildman–Crippen MR) is 80.8 cm³/mol. The molecule has 110 valence electrons. The number of anilines is 1.